The summed E-state index contributed by atoms with van der Waals surface area (Å²) in [5.74, 6) is 0. The number of aliphatic hydroxyl groups is 2. The van der Waals surface area contributed by atoms with E-state index in [1.165, 1.54) is 23.5 Å². The van der Waals surface area contributed by atoms with Gasteiger partial charge < -0.3 is 10.2 Å². The molecule has 0 atom stereocenters. The Labute approximate surface area is 173 Å². The number of hydrogen-bond acceptors (Lipinski definition) is 6. The lowest BCUT2D eigenvalue weighted by atomic mass is 9.96. The molecule has 0 bridgehead atoms. The lowest BCUT2D eigenvalue weighted by Gasteiger charge is -2.31. The van der Waals surface area contributed by atoms with Crippen molar-refractivity contribution in [2.45, 2.75) is 61.6 Å². The zero-order chi connectivity index (χ0) is 21.1. The number of benzene rings is 1. The molecule has 2 heterocycles. The number of halogens is 3. The quantitative estimate of drug-likeness (QED) is 0.615. The highest BCUT2D eigenvalue weighted by Gasteiger charge is 2.36. The lowest BCUT2D eigenvalue weighted by molar-refractivity contribution is -0.139. The van der Waals surface area contributed by atoms with Crippen LogP contribution in [0.3, 0.4) is 0 Å². The second-order valence-corrected chi connectivity index (χ2v) is 10.1. The molecule has 29 heavy (non-hydrogen) atoms. The standard InChI is InChI=1S/C19H20F3N3O2S2/c1-9-15(25-17(23-9)29-16(24-25)18(2,3)27)10-4-5-13(19(20,21)22)14(6-10)28-12-7-11(26)8-12/h4-6,11-12,26-27H,7-8H2,1-3H3. The molecule has 0 radical (unpaired) electrons. The van der Waals surface area contributed by atoms with E-state index in [-0.39, 0.29) is 10.1 Å². The van der Waals surface area contributed by atoms with Crippen molar-refractivity contribution in [1.29, 1.82) is 0 Å². The zero-order valence-electron chi connectivity index (χ0n) is 16.0. The summed E-state index contributed by atoms with van der Waals surface area (Å²) in [7, 11) is 0. The Morgan fingerprint density at radius 2 is 1.93 bits per heavy atom. The Hall–Kier alpha value is -1.62. The maximum absolute atomic E-state index is 13.5. The molecule has 4 rings (SSSR count). The first kappa shape index (κ1) is 20.6. The van der Waals surface area contributed by atoms with Gasteiger partial charge in [-0.25, -0.2) is 9.50 Å². The van der Waals surface area contributed by atoms with Gasteiger partial charge in [0.15, 0.2) is 0 Å². The average Bonchev–Trinajstić information content (AvgIpc) is 3.08. The van der Waals surface area contributed by atoms with Gasteiger partial charge in [-0.2, -0.15) is 18.3 Å². The van der Waals surface area contributed by atoms with Crippen LogP contribution in [-0.2, 0) is 11.8 Å². The number of aromatic nitrogens is 3. The molecule has 0 aliphatic heterocycles. The Balaban J connectivity index is 1.80. The molecule has 0 saturated heterocycles. The molecule has 1 saturated carbocycles. The molecule has 0 spiro atoms. The molecule has 2 aromatic heterocycles. The van der Waals surface area contributed by atoms with Crippen LogP contribution in [0.5, 0.6) is 0 Å². The van der Waals surface area contributed by atoms with Gasteiger partial charge in [-0.15, -0.1) is 11.8 Å². The predicted octanol–water partition coefficient (Wildman–Crippen LogP) is 4.63. The maximum Gasteiger partial charge on any atom is 0.417 e. The van der Waals surface area contributed by atoms with Gasteiger partial charge in [-0.1, -0.05) is 17.4 Å². The summed E-state index contributed by atoms with van der Waals surface area (Å²) in [4.78, 5) is 5.18. The minimum Gasteiger partial charge on any atom is -0.393 e. The fraction of sp³-hybridized carbons (Fsp3) is 0.474. The van der Waals surface area contributed by atoms with Crippen molar-refractivity contribution >= 4 is 28.1 Å². The summed E-state index contributed by atoms with van der Waals surface area (Å²) in [6, 6.07) is 4.05. The topological polar surface area (TPSA) is 70.7 Å². The van der Waals surface area contributed by atoms with Crippen molar-refractivity contribution in [3.8, 4) is 11.3 Å². The molecule has 3 aromatic rings. The van der Waals surface area contributed by atoms with Crippen molar-refractivity contribution in [1.82, 2.24) is 14.6 Å². The van der Waals surface area contributed by atoms with Crippen LogP contribution in [0.1, 0.15) is 43.0 Å². The number of hydrogen-bond donors (Lipinski definition) is 2. The van der Waals surface area contributed by atoms with E-state index in [0.717, 1.165) is 17.8 Å². The molecule has 0 unspecified atom stereocenters. The third-order valence-electron chi connectivity index (χ3n) is 4.83. The predicted molar refractivity (Wildman–Crippen MR) is 106 cm³/mol. The molecule has 10 heteroatoms. The summed E-state index contributed by atoms with van der Waals surface area (Å²) in [5.41, 5.74) is 0.0271. The summed E-state index contributed by atoms with van der Waals surface area (Å²) in [5, 5.41) is 24.6. The van der Waals surface area contributed by atoms with Gasteiger partial charge >= 0.3 is 6.18 Å². The lowest BCUT2D eigenvalue weighted by Crippen LogP contribution is -2.30. The highest BCUT2D eigenvalue weighted by Crippen LogP contribution is 2.44. The van der Waals surface area contributed by atoms with E-state index >= 15 is 0 Å². The largest absolute Gasteiger partial charge is 0.417 e. The van der Waals surface area contributed by atoms with E-state index in [1.54, 1.807) is 25.3 Å². The Bertz CT molecular complexity index is 1060. The van der Waals surface area contributed by atoms with E-state index in [0.29, 0.717) is 39.8 Å². The Morgan fingerprint density at radius 1 is 1.24 bits per heavy atom. The smallest absolute Gasteiger partial charge is 0.393 e. The fourth-order valence-corrected chi connectivity index (χ4v) is 5.69. The number of nitrogens with zero attached hydrogens (tertiary/aromatic N) is 3. The Kier molecular flexibility index (Phi) is 4.96. The fourth-order valence-electron chi connectivity index (χ4n) is 3.24. The molecular formula is C19H20F3N3O2S2. The van der Waals surface area contributed by atoms with Gasteiger partial charge in [0.05, 0.1) is 23.1 Å². The van der Waals surface area contributed by atoms with Gasteiger partial charge in [-0.3, -0.25) is 0 Å². The van der Waals surface area contributed by atoms with Crippen LogP contribution >= 0.6 is 23.1 Å². The van der Waals surface area contributed by atoms with Crippen molar-refractivity contribution in [3.05, 3.63) is 34.5 Å². The SMILES string of the molecule is Cc1nc2sc(C(C)(C)O)nn2c1-c1ccc(C(F)(F)F)c(SC2CC(O)C2)c1. The molecule has 2 N–H and O–H groups in total. The molecular weight excluding hydrogens is 423 g/mol. The second kappa shape index (κ2) is 6.97. The number of fused-ring (bicyclic) bond motifs is 1. The van der Waals surface area contributed by atoms with Gasteiger partial charge in [0, 0.05) is 15.7 Å². The van der Waals surface area contributed by atoms with Crippen LogP contribution in [0.2, 0.25) is 0 Å². The molecule has 1 aromatic carbocycles. The van der Waals surface area contributed by atoms with Crippen molar-refractivity contribution in [2.75, 3.05) is 0 Å². The summed E-state index contributed by atoms with van der Waals surface area (Å²) in [6.07, 6.45) is -3.91. The van der Waals surface area contributed by atoms with Crippen molar-refractivity contribution in [3.63, 3.8) is 0 Å². The van der Waals surface area contributed by atoms with E-state index in [4.69, 9.17) is 0 Å². The first-order valence-corrected chi connectivity index (χ1v) is 10.8. The van der Waals surface area contributed by atoms with Gasteiger partial charge in [-0.05, 0) is 45.7 Å². The van der Waals surface area contributed by atoms with Crippen LogP contribution in [0.4, 0.5) is 13.2 Å². The maximum atomic E-state index is 13.5. The molecule has 1 aliphatic rings. The molecule has 1 fully saturated rings. The number of alkyl halides is 3. The van der Waals surface area contributed by atoms with E-state index in [9.17, 15) is 23.4 Å². The number of aryl methyl sites for hydroxylation is 1. The number of aliphatic hydroxyl groups excluding tert-OH is 1. The summed E-state index contributed by atoms with van der Waals surface area (Å²) >= 11 is 2.40. The van der Waals surface area contributed by atoms with Gasteiger partial charge in [0.1, 0.15) is 10.6 Å². The van der Waals surface area contributed by atoms with Crippen LogP contribution in [0, 0.1) is 6.92 Å². The Morgan fingerprint density at radius 3 is 2.52 bits per heavy atom. The minimum absolute atomic E-state index is 0.0334. The van der Waals surface area contributed by atoms with E-state index in [2.05, 4.69) is 10.1 Å². The zero-order valence-corrected chi connectivity index (χ0v) is 17.6. The third-order valence-corrected chi connectivity index (χ3v) is 7.36. The number of thioether (sulfide) groups is 1. The van der Waals surface area contributed by atoms with Crippen LogP contribution in [0.15, 0.2) is 23.1 Å². The van der Waals surface area contributed by atoms with Gasteiger partial charge in [0.2, 0.25) is 4.96 Å². The first-order chi connectivity index (χ1) is 13.4. The third kappa shape index (κ3) is 3.90. The van der Waals surface area contributed by atoms with Crippen LogP contribution in [-0.4, -0.2) is 36.2 Å². The van der Waals surface area contributed by atoms with Crippen LogP contribution in [0.25, 0.3) is 16.2 Å². The minimum atomic E-state index is -4.46. The number of rotatable bonds is 4. The van der Waals surface area contributed by atoms with E-state index in [1.807, 2.05) is 0 Å². The first-order valence-electron chi connectivity index (χ1n) is 9.09. The van der Waals surface area contributed by atoms with Crippen molar-refractivity contribution in [2.24, 2.45) is 0 Å². The average molecular weight is 444 g/mol. The van der Waals surface area contributed by atoms with Crippen LogP contribution < -0.4 is 0 Å². The second-order valence-electron chi connectivity index (χ2n) is 7.78. The highest BCUT2D eigenvalue weighted by molar-refractivity contribution is 8.00. The molecule has 1 aliphatic carbocycles. The molecule has 5 nitrogen and oxygen atoms in total. The highest BCUT2D eigenvalue weighted by atomic mass is 32.2. The van der Waals surface area contributed by atoms with E-state index < -0.39 is 23.4 Å². The monoisotopic (exact) mass is 443 g/mol. The normalized spacial score (nSPS) is 20.3. The summed E-state index contributed by atoms with van der Waals surface area (Å²) < 4.78 is 42.1. The molecule has 0 amide bonds. The molecule has 156 valence electrons. The number of imidazole rings is 1. The van der Waals surface area contributed by atoms with Gasteiger partial charge in [0.25, 0.3) is 0 Å². The van der Waals surface area contributed by atoms with Crippen molar-refractivity contribution < 1.29 is 23.4 Å². The summed E-state index contributed by atoms with van der Waals surface area (Å²) in [6.45, 7) is 5.03.